The molecule has 0 aliphatic heterocycles. The monoisotopic (exact) mass is 327 g/mol. The molecule has 1 heterocycles. The summed E-state index contributed by atoms with van der Waals surface area (Å²) in [5.74, 6) is -0.444. The summed E-state index contributed by atoms with van der Waals surface area (Å²) in [6.45, 7) is -0.452. The van der Waals surface area contributed by atoms with Crippen LogP contribution in [0.25, 0.3) is 0 Å². The molecular formula is C15H16F3N3O2. The van der Waals surface area contributed by atoms with Crippen molar-refractivity contribution in [3.8, 4) is 0 Å². The summed E-state index contributed by atoms with van der Waals surface area (Å²) in [6.07, 6.45) is -3.64. The first-order valence-electron chi connectivity index (χ1n) is 6.95. The lowest BCUT2D eigenvalue weighted by Gasteiger charge is -2.06. The molecule has 2 N–H and O–H groups in total. The minimum atomic E-state index is -4.61. The Labute approximate surface area is 130 Å². The number of aromatic nitrogens is 2. The van der Waals surface area contributed by atoms with Gasteiger partial charge < -0.3 is 10.4 Å². The molecule has 0 fully saturated rings. The number of amides is 1. The predicted molar refractivity (Wildman–Crippen MR) is 76.3 cm³/mol. The number of rotatable bonds is 6. The second-order valence-corrected chi connectivity index (χ2v) is 4.93. The normalized spacial score (nSPS) is 11.5. The van der Waals surface area contributed by atoms with Gasteiger partial charge in [-0.05, 0) is 12.0 Å². The fraction of sp³-hybridized carbons (Fsp3) is 0.333. The van der Waals surface area contributed by atoms with E-state index in [9.17, 15) is 18.0 Å². The van der Waals surface area contributed by atoms with Crippen LogP contribution in [0.5, 0.6) is 0 Å². The van der Waals surface area contributed by atoms with Gasteiger partial charge in [0.15, 0.2) is 5.69 Å². The molecule has 5 nitrogen and oxygen atoms in total. The van der Waals surface area contributed by atoms with Gasteiger partial charge in [0.2, 0.25) is 5.91 Å². The molecule has 0 bridgehead atoms. The van der Waals surface area contributed by atoms with Gasteiger partial charge in [-0.1, -0.05) is 30.3 Å². The molecule has 8 heteroatoms. The van der Waals surface area contributed by atoms with Crippen LogP contribution >= 0.6 is 0 Å². The molecule has 0 atom stereocenters. The molecule has 0 saturated carbocycles. The first-order valence-corrected chi connectivity index (χ1v) is 6.95. The van der Waals surface area contributed by atoms with E-state index in [1.807, 2.05) is 30.3 Å². The number of halogens is 3. The summed E-state index contributed by atoms with van der Waals surface area (Å²) >= 11 is 0. The number of carbonyl (C=O) groups is 1. The van der Waals surface area contributed by atoms with Crippen LogP contribution in [-0.2, 0) is 30.5 Å². The molecule has 0 spiro atoms. The van der Waals surface area contributed by atoms with E-state index in [4.69, 9.17) is 5.11 Å². The molecule has 1 aromatic carbocycles. The van der Waals surface area contributed by atoms with Gasteiger partial charge in [-0.25, -0.2) is 0 Å². The van der Waals surface area contributed by atoms with E-state index in [0.717, 1.165) is 16.4 Å². The Kier molecular flexibility index (Phi) is 5.38. The Hall–Kier alpha value is -2.35. The van der Waals surface area contributed by atoms with Crippen molar-refractivity contribution in [3.63, 3.8) is 0 Å². The van der Waals surface area contributed by atoms with Crippen molar-refractivity contribution in [3.05, 3.63) is 53.3 Å². The number of benzene rings is 1. The summed E-state index contributed by atoms with van der Waals surface area (Å²) < 4.78 is 39.4. The van der Waals surface area contributed by atoms with E-state index in [0.29, 0.717) is 0 Å². The van der Waals surface area contributed by atoms with Gasteiger partial charge in [-0.2, -0.15) is 18.3 Å². The van der Waals surface area contributed by atoms with Crippen LogP contribution in [0.1, 0.15) is 16.8 Å². The Morgan fingerprint density at radius 2 is 1.96 bits per heavy atom. The van der Waals surface area contributed by atoms with Gasteiger partial charge in [0, 0.05) is 24.9 Å². The third-order valence-corrected chi connectivity index (χ3v) is 3.13. The van der Waals surface area contributed by atoms with Crippen molar-refractivity contribution in [2.45, 2.75) is 25.7 Å². The second-order valence-electron chi connectivity index (χ2n) is 4.93. The van der Waals surface area contributed by atoms with E-state index in [2.05, 4.69) is 10.4 Å². The van der Waals surface area contributed by atoms with Crippen LogP contribution in [0, 0.1) is 0 Å². The number of aliphatic hydroxyl groups is 1. The van der Waals surface area contributed by atoms with Crippen molar-refractivity contribution < 1.29 is 23.1 Å². The van der Waals surface area contributed by atoms with Crippen molar-refractivity contribution in [2.24, 2.45) is 0 Å². The maximum absolute atomic E-state index is 12.8. The molecule has 124 valence electrons. The number of carbonyl (C=O) groups excluding carboxylic acids is 1. The summed E-state index contributed by atoms with van der Waals surface area (Å²) in [5.41, 5.74) is -0.309. The number of nitrogens with zero attached hydrogens (tertiary/aromatic N) is 2. The summed E-state index contributed by atoms with van der Waals surface area (Å²) in [7, 11) is 0. The highest BCUT2D eigenvalue weighted by molar-refractivity contribution is 5.75. The number of aliphatic hydroxyl groups excluding tert-OH is 1. The lowest BCUT2D eigenvalue weighted by molar-refractivity contribution is -0.142. The standard InChI is InChI=1S/C15H16F3N3O2/c16-15(17,18)14-12(6-7-22)9-21(20-14)10-13(23)19-8-11-4-2-1-3-5-11/h1-5,9,22H,6-8,10H2,(H,19,23). The topological polar surface area (TPSA) is 67.2 Å². The summed E-state index contributed by atoms with van der Waals surface area (Å²) in [5, 5.41) is 14.9. The summed E-state index contributed by atoms with van der Waals surface area (Å²) in [4.78, 5) is 11.8. The molecule has 2 aromatic rings. The second kappa shape index (κ2) is 7.28. The zero-order chi connectivity index (χ0) is 16.9. The van der Waals surface area contributed by atoms with E-state index in [-0.39, 0.29) is 25.1 Å². The van der Waals surface area contributed by atoms with Gasteiger partial charge in [0.25, 0.3) is 0 Å². The number of hydrogen-bond acceptors (Lipinski definition) is 3. The number of nitrogens with one attached hydrogen (secondary N) is 1. The van der Waals surface area contributed by atoms with Crippen LogP contribution in [-0.4, -0.2) is 27.4 Å². The molecule has 2 rings (SSSR count). The molecule has 0 aliphatic carbocycles. The third kappa shape index (κ3) is 4.82. The highest BCUT2D eigenvalue weighted by Crippen LogP contribution is 2.30. The van der Waals surface area contributed by atoms with E-state index in [1.165, 1.54) is 0 Å². The first-order chi connectivity index (χ1) is 10.9. The highest BCUT2D eigenvalue weighted by atomic mass is 19.4. The lowest BCUT2D eigenvalue weighted by atomic mass is 10.2. The smallest absolute Gasteiger partial charge is 0.396 e. The fourth-order valence-corrected chi connectivity index (χ4v) is 2.09. The molecule has 0 saturated heterocycles. The van der Waals surface area contributed by atoms with Gasteiger partial charge in [0.05, 0.1) is 0 Å². The van der Waals surface area contributed by atoms with Crippen LogP contribution < -0.4 is 5.32 Å². The van der Waals surface area contributed by atoms with Gasteiger partial charge in [0.1, 0.15) is 6.54 Å². The number of hydrogen-bond donors (Lipinski definition) is 2. The third-order valence-electron chi connectivity index (χ3n) is 3.13. The molecule has 0 unspecified atom stereocenters. The maximum Gasteiger partial charge on any atom is 0.435 e. The van der Waals surface area contributed by atoms with Crippen LogP contribution in [0.15, 0.2) is 36.5 Å². The molecule has 0 radical (unpaired) electrons. The zero-order valence-electron chi connectivity index (χ0n) is 12.2. The fourth-order valence-electron chi connectivity index (χ4n) is 2.09. The predicted octanol–water partition coefficient (Wildman–Crippen LogP) is 1.75. The van der Waals surface area contributed by atoms with Crippen molar-refractivity contribution >= 4 is 5.91 Å². The maximum atomic E-state index is 12.8. The highest BCUT2D eigenvalue weighted by Gasteiger charge is 2.36. The van der Waals surface area contributed by atoms with Crippen LogP contribution in [0.2, 0.25) is 0 Å². The largest absolute Gasteiger partial charge is 0.435 e. The molecule has 0 aliphatic rings. The minimum Gasteiger partial charge on any atom is -0.396 e. The van der Waals surface area contributed by atoms with Gasteiger partial charge >= 0.3 is 6.18 Å². The quantitative estimate of drug-likeness (QED) is 0.849. The van der Waals surface area contributed by atoms with Crippen molar-refractivity contribution in [2.75, 3.05) is 6.61 Å². The van der Waals surface area contributed by atoms with Gasteiger partial charge in [-0.15, -0.1) is 0 Å². The van der Waals surface area contributed by atoms with Crippen molar-refractivity contribution in [1.29, 1.82) is 0 Å². The van der Waals surface area contributed by atoms with Crippen molar-refractivity contribution in [1.82, 2.24) is 15.1 Å². The average molecular weight is 327 g/mol. The SMILES string of the molecule is O=C(Cn1cc(CCO)c(C(F)(F)F)n1)NCc1ccccc1. The Balaban J connectivity index is 2.00. The molecule has 23 heavy (non-hydrogen) atoms. The Morgan fingerprint density at radius 3 is 2.57 bits per heavy atom. The van der Waals surface area contributed by atoms with E-state index < -0.39 is 24.4 Å². The van der Waals surface area contributed by atoms with Gasteiger partial charge in [-0.3, -0.25) is 9.48 Å². The van der Waals surface area contributed by atoms with Crippen LogP contribution in [0.3, 0.4) is 0 Å². The number of alkyl halides is 3. The molecule has 1 aromatic heterocycles. The Morgan fingerprint density at radius 1 is 1.26 bits per heavy atom. The zero-order valence-corrected chi connectivity index (χ0v) is 12.2. The van der Waals surface area contributed by atoms with Crippen LogP contribution in [0.4, 0.5) is 13.2 Å². The van der Waals surface area contributed by atoms with E-state index >= 15 is 0 Å². The summed E-state index contributed by atoms with van der Waals surface area (Å²) in [6, 6.07) is 9.15. The molecular weight excluding hydrogens is 311 g/mol. The molecule has 1 amide bonds. The Bertz CT molecular complexity index is 654. The van der Waals surface area contributed by atoms with E-state index in [1.54, 1.807) is 0 Å². The first kappa shape index (κ1) is 17.0. The minimum absolute atomic E-state index is 0.129. The average Bonchev–Trinajstić information content (AvgIpc) is 2.89. The lowest BCUT2D eigenvalue weighted by Crippen LogP contribution is -2.27.